The number of fused-ring (bicyclic) bond motifs is 1. The number of pyridine rings is 1. The van der Waals surface area contributed by atoms with Crippen molar-refractivity contribution in [2.24, 2.45) is 0 Å². The first-order valence-electron chi connectivity index (χ1n) is 9.82. The van der Waals surface area contributed by atoms with Crippen molar-refractivity contribution in [2.75, 3.05) is 0 Å². The number of carbonyl (C=O) groups excluding carboxylic acids is 1. The van der Waals surface area contributed by atoms with E-state index < -0.39 is 0 Å². The molecule has 2 heterocycles. The average molecular weight is 340 g/mol. The Hall–Kier alpha value is -1.91. The molecule has 2 aromatic rings. The third-order valence-corrected chi connectivity index (χ3v) is 5.51. The molecule has 5 nitrogen and oxygen atoms in total. The normalized spacial score (nSPS) is 19.3. The fourth-order valence-corrected chi connectivity index (χ4v) is 3.88. The van der Waals surface area contributed by atoms with Crippen molar-refractivity contribution in [3.63, 3.8) is 0 Å². The van der Waals surface area contributed by atoms with E-state index in [0.717, 1.165) is 35.1 Å². The van der Waals surface area contributed by atoms with Gasteiger partial charge in [0.25, 0.3) is 5.91 Å². The molecule has 5 heteroatoms. The standard InChI is InChI=1S/C20H28N4O/c1-13(2)24-19-17(12-21-24)16(11-18(23-19)14-9-10-14)20(25)22-15-7-5-3-4-6-8-15/h11-15H,3-10H2,1-2H3,(H,22,25). The second kappa shape index (κ2) is 6.77. The quantitative estimate of drug-likeness (QED) is 0.842. The van der Waals surface area contributed by atoms with Crippen molar-refractivity contribution in [3.05, 3.63) is 23.5 Å². The average Bonchev–Trinajstić information content (AvgIpc) is 3.38. The molecule has 2 aliphatic rings. The molecular formula is C20H28N4O. The highest BCUT2D eigenvalue weighted by Crippen LogP contribution is 2.40. The monoisotopic (exact) mass is 340 g/mol. The van der Waals surface area contributed by atoms with Crippen LogP contribution < -0.4 is 5.32 Å². The summed E-state index contributed by atoms with van der Waals surface area (Å²) in [6, 6.07) is 2.55. The van der Waals surface area contributed by atoms with E-state index in [-0.39, 0.29) is 11.9 Å². The number of rotatable bonds is 4. The van der Waals surface area contributed by atoms with Crippen molar-refractivity contribution in [2.45, 2.75) is 83.2 Å². The van der Waals surface area contributed by atoms with E-state index in [1.807, 2.05) is 10.7 Å². The summed E-state index contributed by atoms with van der Waals surface area (Å²) in [5.41, 5.74) is 2.66. The summed E-state index contributed by atoms with van der Waals surface area (Å²) in [5, 5.41) is 8.66. The third-order valence-electron chi connectivity index (χ3n) is 5.51. The molecule has 134 valence electrons. The molecular weight excluding hydrogens is 312 g/mol. The van der Waals surface area contributed by atoms with Gasteiger partial charge >= 0.3 is 0 Å². The highest BCUT2D eigenvalue weighted by atomic mass is 16.1. The molecule has 0 radical (unpaired) electrons. The van der Waals surface area contributed by atoms with Crippen LogP contribution in [0.5, 0.6) is 0 Å². The molecule has 0 saturated heterocycles. The molecule has 0 atom stereocenters. The van der Waals surface area contributed by atoms with Crippen LogP contribution in [0.3, 0.4) is 0 Å². The molecule has 25 heavy (non-hydrogen) atoms. The van der Waals surface area contributed by atoms with Gasteiger partial charge in [-0.15, -0.1) is 0 Å². The molecule has 0 aliphatic heterocycles. The minimum atomic E-state index is 0.0458. The maximum atomic E-state index is 13.0. The summed E-state index contributed by atoms with van der Waals surface area (Å²) in [5.74, 6) is 0.564. The van der Waals surface area contributed by atoms with Gasteiger partial charge in [0.2, 0.25) is 0 Å². The Morgan fingerprint density at radius 2 is 1.88 bits per heavy atom. The summed E-state index contributed by atoms with van der Waals surface area (Å²) in [6.07, 6.45) is 11.4. The lowest BCUT2D eigenvalue weighted by Crippen LogP contribution is -2.34. The van der Waals surface area contributed by atoms with E-state index in [1.54, 1.807) is 6.20 Å². The van der Waals surface area contributed by atoms with Crippen LogP contribution >= 0.6 is 0 Å². The van der Waals surface area contributed by atoms with Gasteiger partial charge in [0.15, 0.2) is 5.65 Å². The molecule has 0 aromatic carbocycles. The SMILES string of the molecule is CC(C)n1ncc2c(C(=O)NC3CCCCCC3)cc(C3CC3)nc21. The van der Waals surface area contributed by atoms with Gasteiger partial charge < -0.3 is 5.32 Å². The number of hydrogen-bond donors (Lipinski definition) is 1. The Morgan fingerprint density at radius 1 is 1.16 bits per heavy atom. The van der Waals surface area contributed by atoms with E-state index in [9.17, 15) is 4.79 Å². The van der Waals surface area contributed by atoms with Crippen LogP contribution in [0.1, 0.15) is 93.2 Å². The molecule has 4 rings (SSSR count). The summed E-state index contributed by atoms with van der Waals surface area (Å²) in [6.45, 7) is 4.20. The summed E-state index contributed by atoms with van der Waals surface area (Å²) < 4.78 is 1.93. The molecule has 1 amide bonds. The molecule has 0 spiro atoms. The van der Waals surface area contributed by atoms with E-state index in [2.05, 4.69) is 24.3 Å². The third kappa shape index (κ3) is 3.42. The predicted octanol–water partition coefficient (Wildman–Crippen LogP) is 4.34. The van der Waals surface area contributed by atoms with E-state index in [0.29, 0.717) is 12.0 Å². The lowest BCUT2D eigenvalue weighted by molar-refractivity contribution is 0.0935. The largest absolute Gasteiger partial charge is 0.349 e. The number of nitrogens with zero attached hydrogens (tertiary/aromatic N) is 3. The van der Waals surface area contributed by atoms with Crippen LogP contribution in [0, 0.1) is 0 Å². The first-order chi connectivity index (χ1) is 12.1. The topological polar surface area (TPSA) is 59.8 Å². The van der Waals surface area contributed by atoms with Gasteiger partial charge in [-0.05, 0) is 45.6 Å². The zero-order valence-electron chi connectivity index (χ0n) is 15.3. The summed E-state index contributed by atoms with van der Waals surface area (Å²) in [4.78, 5) is 17.9. The van der Waals surface area contributed by atoms with Crippen LogP contribution in [0.15, 0.2) is 12.3 Å². The lowest BCUT2D eigenvalue weighted by Gasteiger charge is -2.17. The Bertz CT molecular complexity index is 767. The Labute approximate surface area is 149 Å². The van der Waals surface area contributed by atoms with Gasteiger partial charge in [-0.3, -0.25) is 4.79 Å². The van der Waals surface area contributed by atoms with Crippen molar-refractivity contribution < 1.29 is 4.79 Å². The van der Waals surface area contributed by atoms with Crippen LogP contribution in [-0.2, 0) is 0 Å². The van der Waals surface area contributed by atoms with E-state index in [1.165, 1.54) is 38.5 Å². The molecule has 2 fully saturated rings. The van der Waals surface area contributed by atoms with Gasteiger partial charge in [0.05, 0.1) is 17.1 Å². The first-order valence-corrected chi connectivity index (χ1v) is 9.82. The van der Waals surface area contributed by atoms with Crippen molar-refractivity contribution in [1.29, 1.82) is 0 Å². The number of carbonyl (C=O) groups is 1. The van der Waals surface area contributed by atoms with E-state index >= 15 is 0 Å². The zero-order valence-corrected chi connectivity index (χ0v) is 15.3. The fraction of sp³-hybridized carbons (Fsp3) is 0.650. The van der Waals surface area contributed by atoms with Crippen molar-refractivity contribution >= 4 is 16.9 Å². The Kier molecular flexibility index (Phi) is 4.48. The predicted molar refractivity (Wildman–Crippen MR) is 98.8 cm³/mol. The molecule has 2 aliphatic carbocycles. The fourth-order valence-electron chi connectivity index (χ4n) is 3.88. The summed E-state index contributed by atoms with van der Waals surface area (Å²) >= 11 is 0. The second-order valence-electron chi connectivity index (χ2n) is 7.95. The molecule has 2 saturated carbocycles. The summed E-state index contributed by atoms with van der Waals surface area (Å²) in [7, 11) is 0. The number of amides is 1. The minimum Gasteiger partial charge on any atom is -0.349 e. The van der Waals surface area contributed by atoms with Crippen LogP contribution in [0.4, 0.5) is 0 Å². The number of nitrogens with one attached hydrogen (secondary N) is 1. The first kappa shape index (κ1) is 16.6. The molecule has 2 aromatic heterocycles. The minimum absolute atomic E-state index is 0.0458. The van der Waals surface area contributed by atoms with Crippen LogP contribution in [-0.4, -0.2) is 26.7 Å². The zero-order chi connectivity index (χ0) is 17.4. The number of aromatic nitrogens is 3. The lowest BCUT2D eigenvalue weighted by atomic mass is 10.1. The Balaban J connectivity index is 1.68. The highest BCUT2D eigenvalue weighted by Gasteiger charge is 2.28. The van der Waals surface area contributed by atoms with Gasteiger partial charge in [-0.2, -0.15) is 5.10 Å². The molecule has 0 bridgehead atoms. The second-order valence-corrected chi connectivity index (χ2v) is 7.95. The Morgan fingerprint density at radius 3 is 2.52 bits per heavy atom. The van der Waals surface area contributed by atoms with Crippen LogP contribution in [0.25, 0.3) is 11.0 Å². The number of hydrogen-bond acceptors (Lipinski definition) is 3. The van der Waals surface area contributed by atoms with Crippen molar-refractivity contribution in [3.8, 4) is 0 Å². The highest BCUT2D eigenvalue weighted by molar-refractivity contribution is 6.05. The smallest absolute Gasteiger partial charge is 0.252 e. The molecule has 0 unspecified atom stereocenters. The van der Waals surface area contributed by atoms with Gasteiger partial charge in [0.1, 0.15) is 0 Å². The van der Waals surface area contributed by atoms with Crippen LogP contribution in [0.2, 0.25) is 0 Å². The van der Waals surface area contributed by atoms with Gasteiger partial charge in [0, 0.05) is 23.7 Å². The van der Waals surface area contributed by atoms with Crippen molar-refractivity contribution in [1.82, 2.24) is 20.1 Å². The maximum Gasteiger partial charge on any atom is 0.252 e. The maximum absolute atomic E-state index is 13.0. The van der Waals surface area contributed by atoms with E-state index in [4.69, 9.17) is 4.98 Å². The van der Waals surface area contributed by atoms with Gasteiger partial charge in [-0.25, -0.2) is 9.67 Å². The molecule has 1 N–H and O–H groups in total. The van der Waals surface area contributed by atoms with Gasteiger partial charge in [-0.1, -0.05) is 25.7 Å².